The van der Waals surface area contributed by atoms with Gasteiger partial charge in [-0.3, -0.25) is 14.9 Å². The Kier molecular flexibility index (Phi) is 3.76. The molecular weight excluding hydrogens is 216 g/mol. The van der Waals surface area contributed by atoms with Crippen LogP contribution in [0.5, 0.6) is 5.88 Å². The summed E-state index contributed by atoms with van der Waals surface area (Å²) < 4.78 is 9.26. The first-order valence-corrected chi connectivity index (χ1v) is 4.32. The van der Waals surface area contributed by atoms with Gasteiger partial charge >= 0.3 is 5.97 Å². The lowest BCUT2D eigenvalue weighted by Gasteiger charge is -2.03. The fourth-order valence-electron chi connectivity index (χ4n) is 1.11. The van der Waals surface area contributed by atoms with E-state index in [4.69, 9.17) is 4.74 Å². The lowest BCUT2D eigenvalue weighted by Crippen LogP contribution is -2.07. The van der Waals surface area contributed by atoms with Crippen molar-refractivity contribution in [2.45, 2.75) is 6.42 Å². The van der Waals surface area contributed by atoms with E-state index in [2.05, 4.69) is 9.72 Å². The second-order valence-corrected chi connectivity index (χ2v) is 2.87. The average molecular weight is 226 g/mol. The van der Waals surface area contributed by atoms with Crippen LogP contribution in [0.4, 0.5) is 5.69 Å². The number of pyridine rings is 1. The van der Waals surface area contributed by atoms with Crippen LogP contribution in [0.25, 0.3) is 0 Å². The first-order valence-electron chi connectivity index (χ1n) is 4.32. The van der Waals surface area contributed by atoms with Crippen molar-refractivity contribution in [1.82, 2.24) is 4.98 Å². The standard InChI is InChI=1S/C9H10N2O5/c1-15-8-3-6(4-9(12)16-2)7(5-10-8)11(13)14/h3,5H,4H2,1-2H3. The molecule has 0 radical (unpaired) electrons. The zero-order valence-electron chi connectivity index (χ0n) is 8.80. The van der Waals surface area contributed by atoms with Crippen molar-refractivity contribution in [2.24, 2.45) is 0 Å². The molecule has 0 bridgehead atoms. The summed E-state index contributed by atoms with van der Waals surface area (Å²) in [6.45, 7) is 0. The second kappa shape index (κ2) is 5.06. The number of aromatic nitrogens is 1. The van der Waals surface area contributed by atoms with Gasteiger partial charge in [-0.25, -0.2) is 4.98 Å². The molecule has 0 aliphatic heterocycles. The zero-order valence-corrected chi connectivity index (χ0v) is 8.80. The Bertz CT molecular complexity index is 418. The van der Waals surface area contributed by atoms with Crippen molar-refractivity contribution in [3.63, 3.8) is 0 Å². The summed E-state index contributed by atoms with van der Waals surface area (Å²) in [5, 5.41) is 10.7. The van der Waals surface area contributed by atoms with Gasteiger partial charge in [-0.1, -0.05) is 0 Å². The number of carbonyl (C=O) groups excluding carboxylic acids is 1. The van der Waals surface area contributed by atoms with Gasteiger partial charge < -0.3 is 9.47 Å². The molecule has 1 aromatic rings. The van der Waals surface area contributed by atoms with E-state index >= 15 is 0 Å². The van der Waals surface area contributed by atoms with Gasteiger partial charge in [-0.2, -0.15) is 0 Å². The minimum Gasteiger partial charge on any atom is -0.481 e. The summed E-state index contributed by atoms with van der Waals surface area (Å²) in [7, 11) is 2.60. The van der Waals surface area contributed by atoms with Gasteiger partial charge in [0.25, 0.3) is 5.69 Å². The fraction of sp³-hybridized carbons (Fsp3) is 0.333. The van der Waals surface area contributed by atoms with E-state index in [-0.39, 0.29) is 23.6 Å². The summed E-state index contributed by atoms with van der Waals surface area (Å²) >= 11 is 0. The second-order valence-electron chi connectivity index (χ2n) is 2.87. The molecule has 7 heteroatoms. The van der Waals surface area contributed by atoms with Crippen molar-refractivity contribution in [1.29, 1.82) is 0 Å². The molecule has 86 valence electrons. The van der Waals surface area contributed by atoms with E-state index < -0.39 is 10.9 Å². The molecule has 0 fully saturated rings. The minimum atomic E-state index is -0.606. The molecule has 0 unspecified atom stereocenters. The zero-order chi connectivity index (χ0) is 12.1. The van der Waals surface area contributed by atoms with Gasteiger partial charge in [-0.15, -0.1) is 0 Å². The summed E-state index contributed by atoms with van der Waals surface area (Å²) in [4.78, 5) is 24.8. The SMILES string of the molecule is COC(=O)Cc1cc(OC)ncc1[N+](=O)[O-]. The molecule has 0 saturated carbocycles. The van der Waals surface area contributed by atoms with Crippen molar-refractivity contribution in [3.05, 3.63) is 27.9 Å². The van der Waals surface area contributed by atoms with Crippen LogP contribution in [0.15, 0.2) is 12.3 Å². The number of nitrogens with zero attached hydrogens (tertiary/aromatic N) is 2. The van der Waals surface area contributed by atoms with E-state index in [9.17, 15) is 14.9 Å². The van der Waals surface area contributed by atoms with Gasteiger partial charge in [0.15, 0.2) is 0 Å². The normalized spacial score (nSPS) is 9.62. The van der Waals surface area contributed by atoms with Gasteiger partial charge in [0.05, 0.1) is 25.6 Å². The lowest BCUT2D eigenvalue weighted by molar-refractivity contribution is -0.385. The Morgan fingerprint density at radius 1 is 1.56 bits per heavy atom. The van der Waals surface area contributed by atoms with Crippen molar-refractivity contribution < 1.29 is 19.2 Å². The maximum atomic E-state index is 11.0. The maximum Gasteiger partial charge on any atom is 0.310 e. The highest BCUT2D eigenvalue weighted by Crippen LogP contribution is 2.21. The topological polar surface area (TPSA) is 91.6 Å². The van der Waals surface area contributed by atoms with E-state index in [0.717, 1.165) is 6.20 Å². The van der Waals surface area contributed by atoms with Crippen LogP contribution in [0, 0.1) is 10.1 Å². The first-order chi connectivity index (χ1) is 7.58. The molecule has 0 aliphatic rings. The molecule has 1 aromatic heterocycles. The van der Waals surface area contributed by atoms with Crippen LogP contribution < -0.4 is 4.74 Å². The van der Waals surface area contributed by atoms with Crippen LogP contribution in [-0.2, 0) is 16.0 Å². The lowest BCUT2D eigenvalue weighted by atomic mass is 10.1. The average Bonchev–Trinajstić information content (AvgIpc) is 2.28. The number of methoxy groups -OCH3 is 2. The number of nitro groups is 1. The number of hydrogen-bond donors (Lipinski definition) is 0. The third-order valence-electron chi connectivity index (χ3n) is 1.91. The molecule has 1 rings (SSSR count). The predicted molar refractivity (Wildman–Crippen MR) is 53.2 cm³/mol. The highest BCUT2D eigenvalue weighted by molar-refractivity contribution is 5.74. The predicted octanol–water partition coefficient (Wildman–Crippen LogP) is 0.714. The molecule has 1 heterocycles. The smallest absolute Gasteiger partial charge is 0.310 e. The van der Waals surface area contributed by atoms with Gasteiger partial charge in [0, 0.05) is 11.6 Å². The van der Waals surface area contributed by atoms with E-state index in [0.29, 0.717) is 0 Å². The quantitative estimate of drug-likeness (QED) is 0.426. The van der Waals surface area contributed by atoms with Crippen molar-refractivity contribution in [3.8, 4) is 5.88 Å². The Labute approximate surface area is 91.2 Å². The molecule has 0 amide bonds. The third-order valence-corrected chi connectivity index (χ3v) is 1.91. The first kappa shape index (κ1) is 11.9. The highest BCUT2D eigenvalue weighted by atomic mass is 16.6. The number of rotatable bonds is 4. The van der Waals surface area contributed by atoms with Crippen LogP contribution >= 0.6 is 0 Å². The number of hydrogen-bond acceptors (Lipinski definition) is 6. The van der Waals surface area contributed by atoms with Gasteiger partial charge in [0.1, 0.15) is 6.20 Å². The summed E-state index contributed by atoms with van der Waals surface area (Å²) in [5.74, 6) is -0.346. The molecular formula is C9H10N2O5. The monoisotopic (exact) mass is 226 g/mol. The Morgan fingerprint density at radius 2 is 2.25 bits per heavy atom. The molecule has 7 nitrogen and oxygen atoms in total. The fourth-order valence-corrected chi connectivity index (χ4v) is 1.11. The van der Waals surface area contributed by atoms with E-state index in [1.54, 1.807) is 0 Å². The number of ether oxygens (including phenoxy) is 2. The Hall–Kier alpha value is -2.18. The molecule has 0 spiro atoms. The van der Waals surface area contributed by atoms with Crippen molar-refractivity contribution >= 4 is 11.7 Å². The van der Waals surface area contributed by atoms with Gasteiger partial charge in [-0.05, 0) is 0 Å². The molecule has 0 aliphatic carbocycles. The van der Waals surface area contributed by atoms with Crippen molar-refractivity contribution in [2.75, 3.05) is 14.2 Å². The van der Waals surface area contributed by atoms with Crippen LogP contribution in [0.3, 0.4) is 0 Å². The molecule has 16 heavy (non-hydrogen) atoms. The minimum absolute atomic E-state index is 0.189. The highest BCUT2D eigenvalue weighted by Gasteiger charge is 2.18. The molecule has 0 aromatic carbocycles. The largest absolute Gasteiger partial charge is 0.481 e. The maximum absolute atomic E-state index is 11.0. The number of esters is 1. The van der Waals surface area contributed by atoms with Crippen LogP contribution in [0.1, 0.15) is 5.56 Å². The number of carbonyl (C=O) groups is 1. The third kappa shape index (κ3) is 2.66. The molecule has 0 saturated heterocycles. The van der Waals surface area contributed by atoms with Gasteiger partial charge in [0.2, 0.25) is 5.88 Å². The van der Waals surface area contributed by atoms with Crippen LogP contribution in [-0.4, -0.2) is 30.1 Å². The van der Waals surface area contributed by atoms with Crippen LogP contribution in [0.2, 0.25) is 0 Å². The Morgan fingerprint density at radius 3 is 2.75 bits per heavy atom. The van der Waals surface area contributed by atoms with E-state index in [1.807, 2.05) is 0 Å². The molecule has 0 atom stereocenters. The Balaban J connectivity index is 3.10. The van der Waals surface area contributed by atoms with E-state index in [1.165, 1.54) is 20.3 Å². The molecule has 0 N–H and O–H groups in total. The summed E-state index contributed by atoms with van der Waals surface area (Å²) in [6.07, 6.45) is 0.864. The summed E-state index contributed by atoms with van der Waals surface area (Å²) in [6, 6.07) is 1.34. The summed E-state index contributed by atoms with van der Waals surface area (Å²) in [5.41, 5.74) is -0.0186.